The van der Waals surface area contributed by atoms with E-state index in [2.05, 4.69) is 9.97 Å². The Morgan fingerprint density at radius 3 is 2.56 bits per heavy atom. The lowest BCUT2D eigenvalue weighted by atomic mass is 10.1. The summed E-state index contributed by atoms with van der Waals surface area (Å²) < 4.78 is 26.5. The number of aromatic nitrogens is 3. The number of halogens is 1. The van der Waals surface area contributed by atoms with Crippen LogP contribution < -0.4 is 5.56 Å². The normalized spacial score (nSPS) is 11.7. The summed E-state index contributed by atoms with van der Waals surface area (Å²) >= 11 is 6.71. The topological polar surface area (TPSA) is 99.0 Å². The molecule has 0 bridgehead atoms. The Kier molecular flexibility index (Phi) is 5.98. The van der Waals surface area contributed by atoms with E-state index in [9.17, 15) is 18.0 Å². The fourth-order valence-corrected chi connectivity index (χ4v) is 6.17. The standard InChI is InChI=1S/C22H18ClN3O4S2/c1-13-3-5-17-18(9-13)25-14(2)26(22(17)28)20-7-4-15(11-24-20)10-16(27)12-32(29,30)21-8-6-19(23)31-21/h3-9,11H,10,12H2,1-2H3. The number of carbonyl (C=O) groups excluding carboxylic acids is 1. The number of pyridine rings is 1. The van der Waals surface area contributed by atoms with Crippen molar-refractivity contribution in [1.29, 1.82) is 0 Å². The molecule has 0 aliphatic rings. The molecule has 4 rings (SSSR count). The van der Waals surface area contributed by atoms with Gasteiger partial charge in [0.05, 0.1) is 15.2 Å². The Bertz CT molecular complexity index is 1510. The van der Waals surface area contributed by atoms with Crippen LogP contribution in [0.25, 0.3) is 16.7 Å². The van der Waals surface area contributed by atoms with Crippen molar-refractivity contribution in [3.8, 4) is 5.82 Å². The maximum absolute atomic E-state index is 13.0. The molecule has 3 heterocycles. The predicted molar refractivity (Wildman–Crippen MR) is 125 cm³/mol. The highest BCUT2D eigenvalue weighted by atomic mass is 35.5. The molecule has 0 fully saturated rings. The molecule has 0 spiro atoms. The molecule has 3 aromatic heterocycles. The van der Waals surface area contributed by atoms with Crippen LogP contribution in [-0.2, 0) is 21.1 Å². The number of hydrogen-bond donors (Lipinski definition) is 0. The third kappa shape index (κ3) is 4.50. The summed E-state index contributed by atoms with van der Waals surface area (Å²) in [6.45, 7) is 3.66. The number of fused-ring (bicyclic) bond motifs is 1. The molecule has 32 heavy (non-hydrogen) atoms. The van der Waals surface area contributed by atoms with Crippen LogP contribution in [0.4, 0.5) is 0 Å². The minimum absolute atomic E-state index is 0.0678. The monoisotopic (exact) mass is 487 g/mol. The van der Waals surface area contributed by atoms with Crippen LogP contribution in [-0.4, -0.2) is 34.5 Å². The number of carbonyl (C=O) groups is 1. The summed E-state index contributed by atoms with van der Waals surface area (Å²) in [5, 5.41) is 0.487. The summed E-state index contributed by atoms with van der Waals surface area (Å²) in [6.07, 6.45) is 1.38. The molecule has 7 nitrogen and oxygen atoms in total. The van der Waals surface area contributed by atoms with E-state index in [1.54, 1.807) is 25.1 Å². The van der Waals surface area contributed by atoms with Crippen molar-refractivity contribution in [2.24, 2.45) is 0 Å². The molecule has 0 unspecified atom stereocenters. The Hall–Kier alpha value is -2.88. The second kappa shape index (κ2) is 8.57. The van der Waals surface area contributed by atoms with Gasteiger partial charge in [-0.2, -0.15) is 0 Å². The van der Waals surface area contributed by atoms with Crippen molar-refractivity contribution in [1.82, 2.24) is 14.5 Å². The number of thiophene rings is 1. The van der Waals surface area contributed by atoms with Gasteiger partial charge in [-0.25, -0.2) is 23.0 Å². The maximum Gasteiger partial charge on any atom is 0.267 e. The molecule has 0 radical (unpaired) electrons. The molecule has 10 heteroatoms. The Labute approximate surface area is 193 Å². The number of rotatable bonds is 6. The zero-order valence-corrected chi connectivity index (χ0v) is 19.6. The molecule has 0 atom stereocenters. The van der Waals surface area contributed by atoms with Crippen LogP contribution in [0.1, 0.15) is 17.0 Å². The fraction of sp³-hybridized carbons (Fsp3) is 0.182. The summed E-state index contributed by atoms with van der Waals surface area (Å²) in [4.78, 5) is 34.1. The molecule has 1 aromatic carbocycles. The molecule has 0 saturated heterocycles. The Morgan fingerprint density at radius 1 is 1.12 bits per heavy atom. The lowest BCUT2D eigenvalue weighted by Crippen LogP contribution is -2.23. The molecular weight excluding hydrogens is 470 g/mol. The van der Waals surface area contributed by atoms with E-state index in [-0.39, 0.29) is 16.2 Å². The van der Waals surface area contributed by atoms with Gasteiger partial charge in [-0.1, -0.05) is 23.7 Å². The first-order valence-electron chi connectivity index (χ1n) is 9.59. The van der Waals surface area contributed by atoms with E-state index in [4.69, 9.17) is 11.6 Å². The van der Waals surface area contributed by atoms with E-state index in [1.807, 2.05) is 19.1 Å². The number of Topliss-reactive ketones (excluding diaryl/α,β-unsaturated/α-hetero) is 1. The Morgan fingerprint density at radius 2 is 1.91 bits per heavy atom. The maximum atomic E-state index is 13.0. The minimum Gasteiger partial charge on any atom is -0.298 e. The molecular formula is C22H18ClN3O4S2. The van der Waals surface area contributed by atoms with Gasteiger partial charge in [-0.15, -0.1) is 11.3 Å². The average molecular weight is 488 g/mol. The van der Waals surface area contributed by atoms with Crippen molar-refractivity contribution < 1.29 is 13.2 Å². The first kappa shape index (κ1) is 22.3. The fourth-order valence-electron chi connectivity index (χ4n) is 3.36. The molecule has 0 aliphatic carbocycles. The van der Waals surface area contributed by atoms with Gasteiger partial charge in [-0.05, 0) is 55.3 Å². The lowest BCUT2D eigenvalue weighted by molar-refractivity contribution is -0.116. The number of ketones is 1. The van der Waals surface area contributed by atoms with E-state index < -0.39 is 21.4 Å². The SMILES string of the molecule is Cc1ccc2c(=O)n(-c3ccc(CC(=O)CS(=O)(=O)c4ccc(Cl)s4)cn3)c(C)nc2c1. The quantitative estimate of drug-likeness (QED) is 0.411. The van der Waals surface area contributed by atoms with Crippen molar-refractivity contribution in [3.05, 3.63) is 80.3 Å². The second-order valence-electron chi connectivity index (χ2n) is 7.38. The number of benzene rings is 1. The highest BCUT2D eigenvalue weighted by Gasteiger charge is 2.21. The smallest absolute Gasteiger partial charge is 0.267 e. The van der Waals surface area contributed by atoms with Gasteiger partial charge < -0.3 is 0 Å². The van der Waals surface area contributed by atoms with Crippen LogP contribution in [0.3, 0.4) is 0 Å². The van der Waals surface area contributed by atoms with Crippen LogP contribution >= 0.6 is 22.9 Å². The molecule has 0 amide bonds. The zero-order chi connectivity index (χ0) is 23.0. The van der Waals surface area contributed by atoms with Crippen molar-refractivity contribution >= 4 is 49.5 Å². The van der Waals surface area contributed by atoms with Crippen LogP contribution in [0, 0.1) is 13.8 Å². The van der Waals surface area contributed by atoms with Gasteiger partial charge in [0.2, 0.25) is 0 Å². The van der Waals surface area contributed by atoms with Crippen LogP contribution in [0.15, 0.2) is 57.7 Å². The summed E-state index contributed by atoms with van der Waals surface area (Å²) in [7, 11) is -3.73. The van der Waals surface area contributed by atoms with Gasteiger partial charge in [-0.3, -0.25) is 9.59 Å². The lowest BCUT2D eigenvalue weighted by Gasteiger charge is -2.11. The van der Waals surface area contributed by atoms with Gasteiger partial charge in [0.25, 0.3) is 5.56 Å². The molecule has 4 aromatic rings. The molecule has 0 N–H and O–H groups in total. The van der Waals surface area contributed by atoms with Crippen LogP contribution in [0.5, 0.6) is 0 Å². The first-order valence-corrected chi connectivity index (χ1v) is 12.4. The largest absolute Gasteiger partial charge is 0.298 e. The highest BCUT2D eigenvalue weighted by molar-refractivity contribution is 7.94. The van der Waals surface area contributed by atoms with Gasteiger partial charge in [0.15, 0.2) is 15.6 Å². The third-order valence-corrected chi connectivity index (χ3v) is 8.33. The zero-order valence-electron chi connectivity index (χ0n) is 17.2. The summed E-state index contributed by atoms with van der Waals surface area (Å²) in [5.41, 5.74) is 1.95. The van der Waals surface area contributed by atoms with E-state index in [1.165, 1.54) is 22.9 Å². The number of aryl methyl sites for hydroxylation is 2. The number of nitrogens with zero attached hydrogens (tertiary/aromatic N) is 3. The van der Waals surface area contributed by atoms with Crippen molar-refractivity contribution in [2.75, 3.05) is 5.75 Å². The second-order valence-corrected chi connectivity index (χ2v) is 11.3. The van der Waals surface area contributed by atoms with E-state index in [0.29, 0.717) is 32.4 Å². The molecule has 0 aliphatic heterocycles. The first-order chi connectivity index (χ1) is 15.1. The Balaban J connectivity index is 1.55. The number of sulfone groups is 1. The third-order valence-electron chi connectivity index (χ3n) is 4.84. The molecule has 0 saturated carbocycles. The predicted octanol–water partition coefficient (Wildman–Crippen LogP) is 3.70. The highest BCUT2D eigenvalue weighted by Crippen LogP contribution is 2.26. The number of hydrogen-bond acceptors (Lipinski definition) is 7. The van der Waals surface area contributed by atoms with Gasteiger partial charge in [0, 0.05) is 12.6 Å². The van der Waals surface area contributed by atoms with Crippen molar-refractivity contribution in [2.45, 2.75) is 24.5 Å². The average Bonchev–Trinajstić information content (AvgIpc) is 3.16. The summed E-state index contributed by atoms with van der Waals surface area (Å²) in [6, 6.07) is 11.6. The van der Waals surface area contributed by atoms with Crippen molar-refractivity contribution in [3.63, 3.8) is 0 Å². The summed E-state index contributed by atoms with van der Waals surface area (Å²) in [5.74, 6) is -0.206. The van der Waals surface area contributed by atoms with Gasteiger partial charge >= 0.3 is 0 Å². The van der Waals surface area contributed by atoms with Crippen LogP contribution in [0.2, 0.25) is 4.34 Å². The van der Waals surface area contributed by atoms with Gasteiger partial charge in [0.1, 0.15) is 21.6 Å². The minimum atomic E-state index is -3.73. The molecule has 164 valence electrons. The van der Waals surface area contributed by atoms with E-state index in [0.717, 1.165) is 16.9 Å². The van der Waals surface area contributed by atoms with E-state index >= 15 is 0 Å².